The molecule has 0 aliphatic rings. The minimum atomic E-state index is -1.71. The molecule has 0 aliphatic heterocycles. The molecular formula is C9H23NO3Si2. The summed E-state index contributed by atoms with van der Waals surface area (Å²) >= 11 is 0. The Hall–Kier alpha value is -0.176. The van der Waals surface area contributed by atoms with Gasteiger partial charge in [-0.15, -0.1) is 0 Å². The third kappa shape index (κ3) is 4.06. The van der Waals surface area contributed by atoms with Crippen molar-refractivity contribution in [2.45, 2.75) is 45.3 Å². The molecule has 0 radical (unpaired) electrons. The number of hydrogen-bond acceptors (Lipinski definition) is 3. The molecule has 0 heterocycles. The van der Waals surface area contributed by atoms with Crippen LogP contribution in [0.2, 0.25) is 39.3 Å². The number of aliphatic carboxylic acids is 1. The van der Waals surface area contributed by atoms with E-state index in [1.807, 2.05) is 0 Å². The summed E-state index contributed by atoms with van der Waals surface area (Å²) in [5.74, 6) is -0.914. The molecule has 0 saturated carbocycles. The highest BCUT2D eigenvalue weighted by molar-refractivity contribution is 6.89. The lowest BCUT2D eigenvalue weighted by Gasteiger charge is -2.46. The number of carboxylic acid groups (broad SMARTS) is 1. The third-order valence-electron chi connectivity index (χ3n) is 2.22. The Balaban J connectivity index is 5.19. The third-order valence-corrected chi connectivity index (χ3v) is 9.75. The molecule has 1 unspecified atom stereocenters. The quantitative estimate of drug-likeness (QED) is 0.723. The number of rotatable bonds is 5. The molecule has 0 aromatic heterocycles. The van der Waals surface area contributed by atoms with Crippen molar-refractivity contribution in [1.82, 2.24) is 4.23 Å². The van der Waals surface area contributed by atoms with Gasteiger partial charge >= 0.3 is 5.97 Å². The fourth-order valence-corrected chi connectivity index (χ4v) is 12.5. The van der Waals surface area contributed by atoms with Crippen molar-refractivity contribution in [2.75, 3.05) is 6.61 Å². The minimum absolute atomic E-state index is 0.302. The highest BCUT2D eigenvalue weighted by Gasteiger charge is 2.41. The van der Waals surface area contributed by atoms with Gasteiger partial charge in [-0.25, -0.2) is 0 Å². The summed E-state index contributed by atoms with van der Waals surface area (Å²) in [6.07, 6.45) is 0. The van der Waals surface area contributed by atoms with Gasteiger partial charge in [0.05, 0.1) is 6.61 Å². The first kappa shape index (κ1) is 14.8. The van der Waals surface area contributed by atoms with E-state index in [9.17, 15) is 9.90 Å². The zero-order chi connectivity index (χ0) is 12.4. The van der Waals surface area contributed by atoms with Gasteiger partial charge in [-0.1, -0.05) is 39.3 Å². The topological polar surface area (TPSA) is 60.8 Å². The summed E-state index contributed by atoms with van der Waals surface area (Å²) in [6, 6.07) is -0.733. The van der Waals surface area contributed by atoms with Gasteiger partial charge in [0.1, 0.15) is 22.5 Å². The molecule has 0 bridgehead atoms. The van der Waals surface area contributed by atoms with Crippen LogP contribution >= 0.6 is 0 Å². The van der Waals surface area contributed by atoms with Crippen molar-refractivity contribution in [2.24, 2.45) is 0 Å². The number of nitrogens with zero attached hydrogens (tertiary/aromatic N) is 1. The second kappa shape index (κ2) is 4.77. The summed E-state index contributed by atoms with van der Waals surface area (Å²) in [6.45, 7) is 12.4. The van der Waals surface area contributed by atoms with E-state index in [1.54, 1.807) is 0 Å². The number of aliphatic hydroxyl groups is 1. The van der Waals surface area contributed by atoms with Gasteiger partial charge in [-0.3, -0.25) is 4.79 Å². The van der Waals surface area contributed by atoms with E-state index in [1.165, 1.54) is 0 Å². The predicted octanol–water partition coefficient (Wildman–Crippen LogP) is 1.40. The summed E-state index contributed by atoms with van der Waals surface area (Å²) < 4.78 is 2.10. The van der Waals surface area contributed by atoms with Crippen molar-refractivity contribution >= 4 is 22.4 Å². The van der Waals surface area contributed by atoms with Crippen molar-refractivity contribution in [3.05, 3.63) is 0 Å². The molecule has 1 atom stereocenters. The number of carboxylic acids is 1. The van der Waals surface area contributed by atoms with Gasteiger partial charge in [-0.2, -0.15) is 0 Å². The van der Waals surface area contributed by atoms with Gasteiger partial charge in [0.15, 0.2) is 0 Å². The monoisotopic (exact) mass is 249 g/mol. The maximum Gasteiger partial charge on any atom is 0.322 e. The number of hydrogen-bond donors (Lipinski definition) is 2. The lowest BCUT2D eigenvalue weighted by molar-refractivity contribution is -0.141. The molecule has 0 saturated heterocycles. The van der Waals surface area contributed by atoms with Crippen LogP contribution in [0.5, 0.6) is 0 Å². The smallest absolute Gasteiger partial charge is 0.322 e. The van der Waals surface area contributed by atoms with Crippen LogP contribution in [-0.4, -0.2) is 49.5 Å². The number of carbonyl (C=O) groups is 1. The van der Waals surface area contributed by atoms with E-state index in [0.717, 1.165) is 0 Å². The molecular weight excluding hydrogens is 226 g/mol. The zero-order valence-corrected chi connectivity index (χ0v) is 12.5. The van der Waals surface area contributed by atoms with Crippen molar-refractivity contribution < 1.29 is 15.0 Å². The highest BCUT2D eigenvalue weighted by Crippen LogP contribution is 2.23. The van der Waals surface area contributed by atoms with Crippen LogP contribution in [0.4, 0.5) is 0 Å². The molecule has 0 aromatic rings. The molecule has 0 aromatic carbocycles. The Bertz CT molecular complexity index is 218. The van der Waals surface area contributed by atoms with Crippen LogP contribution in [0.25, 0.3) is 0 Å². The maximum atomic E-state index is 11.1. The van der Waals surface area contributed by atoms with Gasteiger partial charge in [0.2, 0.25) is 0 Å². The Kier molecular flexibility index (Phi) is 4.72. The Morgan fingerprint density at radius 3 is 1.53 bits per heavy atom. The van der Waals surface area contributed by atoms with Crippen LogP contribution in [-0.2, 0) is 4.79 Å². The number of aliphatic hydroxyl groups excluding tert-OH is 1. The first-order valence-corrected chi connectivity index (χ1v) is 12.0. The van der Waals surface area contributed by atoms with Gasteiger partial charge in [0.25, 0.3) is 0 Å². The van der Waals surface area contributed by atoms with Gasteiger partial charge in [-0.05, 0) is 0 Å². The fraction of sp³-hybridized carbons (Fsp3) is 0.889. The predicted molar refractivity (Wildman–Crippen MR) is 67.0 cm³/mol. The maximum absolute atomic E-state index is 11.1. The highest BCUT2D eigenvalue weighted by atomic mass is 28.4. The van der Waals surface area contributed by atoms with Crippen molar-refractivity contribution in [3.8, 4) is 0 Å². The van der Waals surface area contributed by atoms with Crippen LogP contribution in [0.15, 0.2) is 0 Å². The molecule has 0 amide bonds. The normalized spacial score (nSPS) is 15.5. The van der Waals surface area contributed by atoms with E-state index in [-0.39, 0.29) is 6.61 Å². The van der Waals surface area contributed by atoms with Crippen molar-refractivity contribution in [3.63, 3.8) is 0 Å². The summed E-state index contributed by atoms with van der Waals surface area (Å²) in [5.41, 5.74) is 0. The van der Waals surface area contributed by atoms with E-state index in [0.29, 0.717) is 0 Å². The Morgan fingerprint density at radius 1 is 1.13 bits per heavy atom. The molecule has 0 aliphatic carbocycles. The van der Waals surface area contributed by atoms with Crippen LogP contribution in [0, 0.1) is 0 Å². The molecule has 4 nitrogen and oxygen atoms in total. The minimum Gasteiger partial charge on any atom is -0.480 e. The van der Waals surface area contributed by atoms with Gasteiger partial charge in [0, 0.05) is 0 Å². The molecule has 90 valence electrons. The first-order valence-electron chi connectivity index (χ1n) is 5.15. The van der Waals surface area contributed by atoms with E-state index >= 15 is 0 Å². The molecule has 6 heteroatoms. The van der Waals surface area contributed by atoms with Crippen LogP contribution in [0.1, 0.15) is 0 Å². The van der Waals surface area contributed by atoms with E-state index < -0.39 is 28.5 Å². The SMILES string of the molecule is C[Si](C)(C)N(C(CO)C(=O)O)[Si](C)(C)C. The van der Waals surface area contributed by atoms with Gasteiger partial charge < -0.3 is 14.4 Å². The van der Waals surface area contributed by atoms with E-state index in [4.69, 9.17) is 5.11 Å². The standard InChI is InChI=1S/C9H23NO3Si2/c1-14(2,3)10(15(4,5)6)8(7-11)9(12)13/h8,11H,7H2,1-6H3,(H,12,13). The zero-order valence-electron chi connectivity index (χ0n) is 10.5. The van der Waals surface area contributed by atoms with Crippen LogP contribution < -0.4 is 0 Å². The lowest BCUT2D eigenvalue weighted by Crippen LogP contribution is -2.66. The molecule has 0 rings (SSSR count). The Morgan fingerprint density at radius 2 is 1.47 bits per heavy atom. The second-order valence-corrected chi connectivity index (χ2v) is 15.8. The molecule has 0 fully saturated rings. The van der Waals surface area contributed by atoms with Crippen molar-refractivity contribution in [1.29, 1.82) is 0 Å². The lowest BCUT2D eigenvalue weighted by atomic mass is 10.3. The molecule has 0 spiro atoms. The summed E-state index contributed by atoms with van der Waals surface area (Å²) in [7, 11) is -3.43. The fourth-order valence-electron chi connectivity index (χ4n) is 2.21. The molecule has 15 heavy (non-hydrogen) atoms. The van der Waals surface area contributed by atoms with E-state index in [2.05, 4.69) is 43.5 Å². The molecule has 2 N–H and O–H groups in total. The average molecular weight is 249 g/mol. The Labute approximate surface area is 94.1 Å². The summed E-state index contributed by atoms with van der Waals surface area (Å²) in [5, 5.41) is 18.3. The average Bonchev–Trinajstić information content (AvgIpc) is 1.93. The summed E-state index contributed by atoms with van der Waals surface area (Å²) in [4.78, 5) is 11.1. The largest absolute Gasteiger partial charge is 0.480 e. The first-order chi connectivity index (χ1) is 6.51. The second-order valence-electron chi connectivity index (χ2n) is 5.75. The van der Waals surface area contributed by atoms with Crippen LogP contribution in [0.3, 0.4) is 0 Å².